The summed E-state index contributed by atoms with van der Waals surface area (Å²) in [4.78, 5) is 14.1. The summed E-state index contributed by atoms with van der Waals surface area (Å²) in [6.45, 7) is 6.24. The molecule has 1 fully saturated rings. The Balaban J connectivity index is 2.74. The third kappa shape index (κ3) is 2.67. The third-order valence-electron chi connectivity index (χ3n) is 3.01. The first-order chi connectivity index (χ1) is 7.15. The van der Waals surface area contributed by atoms with Crippen molar-refractivity contribution in [1.82, 2.24) is 10.2 Å². The highest BCUT2D eigenvalue weighted by molar-refractivity contribution is 7.98. The highest BCUT2D eigenvalue weighted by atomic mass is 32.2. The molecular formula is C11H22N2OS. The van der Waals surface area contributed by atoms with Crippen molar-refractivity contribution in [3.63, 3.8) is 0 Å². The van der Waals surface area contributed by atoms with Crippen LogP contribution in [0.25, 0.3) is 0 Å². The zero-order chi connectivity index (χ0) is 11.4. The molecule has 0 radical (unpaired) electrons. The molecule has 1 N–H and O–H groups in total. The van der Waals surface area contributed by atoms with Crippen LogP contribution in [0.4, 0.5) is 0 Å². The van der Waals surface area contributed by atoms with Gasteiger partial charge in [0.2, 0.25) is 5.91 Å². The molecule has 1 heterocycles. The van der Waals surface area contributed by atoms with Crippen molar-refractivity contribution in [2.45, 2.75) is 51.9 Å². The zero-order valence-corrected chi connectivity index (χ0v) is 10.9. The summed E-state index contributed by atoms with van der Waals surface area (Å²) in [7, 11) is 0. The van der Waals surface area contributed by atoms with Gasteiger partial charge in [0, 0.05) is 11.8 Å². The van der Waals surface area contributed by atoms with E-state index in [1.165, 1.54) is 0 Å². The molecule has 1 aliphatic heterocycles. The van der Waals surface area contributed by atoms with Crippen molar-refractivity contribution in [2.75, 3.05) is 12.0 Å². The molecule has 3 nitrogen and oxygen atoms in total. The van der Waals surface area contributed by atoms with Crippen LogP contribution in [0.5, 0.6) is 0 Å². The normalized spacial score (nSPS) is 28.5. The van der Waals surface area contributed by atoms with E-state index in [9.17, 15) is 4.79 Å². The van der Waals surface area contributed by atoms with Crippen molar-refractivity contribution in [3.8, 4) is 0 Å². The van der Waals surface area contributed by atoms with Gasteiger partial charge in [-0.15, -0.1) is 0 Å². The highest BCUT2D eigenvalue weighted by Crippen LogP contribution is 2.20. The van der Waals surface area contributed by atoms with Gasteiger partial charge in [-0.2, -0.15) is 11.8 Å². The first-order valence-corrected chi connectivity index (χ1v) is 7.12. The summed E-state index contributed by atoms with van der Waals surface area (Å²) >= 11 is 1.82. The Kier molecular flexibility index (Phi) is 4.93. The van der Waals surface area contributed by atoms with Gasteiger partial charge in [-0.3, -0.25) is 10.1 Å². The molecule has 88 valence electrons. The van der Waals surface area contributed by atoms with E-state index in [-0.39, 0.29) is 18.1 Å². The van der Waals surface area contributed by atoms with Gasteiger partial charge in [0.25, 0.3) is 0 Å². The van der Waals surface area contributed by atoms with E-state index < -0.39 is 0 Å². The number of rotatable bonds is 5. The molecule has 0 aromatic heterocycles. The Labute approximate surface area is 97.0 Å². The Morgan fingerprint density at radius 2 is 2.20 bits per heavy atom. The summed E-state index contributed by atoms with van der Waals surface area (Å²) in [5, 5.41) is 3.34. The van der Waals surface area contributed by atoms with Crippen LogP contribution < -0.4 is 5.32 Å². The van der Waals surface area contributed by atoms with Crippen molar-refractivity contribution in [3.05, 3.63) is 0 Å². The maximum Gasteiger partial charge on any atom is 0.241 e. The smallest absolute Gasteiger partial charge is 0.241 e. The molecule has 4 heteroatoms. The molecule has 0 aliphatic carbocycles. The maximum atomic E-state index is 12.0. The fraction of sp³-hybridized carbons (Fsp3) is 0.909. The van der Waals surface area contributed by atoms with E-state index in [2.05, 4.69) is 30.3 Å². The Bertz CT molecular complexity index is 223. The van der Waals surface area contributed by atoms with Crippen molar-refractivity contribution in [1.29, 1.82) is 0 Å². The quantitative estimate of drug-likeness (QED) is 0.780. The lowest BCUT2D eigenvalue weighted by atomic mass is 10.2. The minimum atomic E-state index is -0.00847. The van der Waals surface area contributed by atoms with E-state index in [1.54, 1.807) is 0 Å². The molecule has 3 atom stereocenters. The van der Waals surface area contributed by atoms with Crippen LogP contribution in [0.2, 0.25) is 0 Å². The fourth-order valence-corrected chi connectivity index (χ4v) is 2.93. The van der Waals surface area contributed by atoms with Crippen LogP contribution in [0.3, 0.4) is 0 Å². The second-order valence-corrected chi connectivity index (χ2v) is 4.99. The molecule has 3 unspecified atom stereocenters. The summed E-state index contributed by atoms with van der Waals surface area (Å²) in [5.41, 5.74) is 0. The predicted molar refractivity (Wildman–Crippen MR) is 66.0 cm³/mol. The SMILES string of the molecule is CCC(CSC)N1C(=O)C(C)NC1CC. The number of amides is 1. The molecule has 15 heavy (non-hydrogen) atoms. The molecule has 0 saturated carbocycles. The van der Waals surface area contributed by atoms with Gasteiger partial charge < -0.3 is 4.90 Å². The predicted octanol–water partition coefficient (Wildman–Crippen LogP) is 1.68. The van der Waals surface area contributed by atoms with Crippen LogP contribution in [0, 0.1) is 0 Å². The molecule has 0 spiro atoms. The third-order valence-corrected chi connectivity index (χ3v) is 3.73. The average molecular weight is 230 g/mol. The van der Waals surface area contributed by atoms with Crippen LogP contribution in [0.15, 0.2) is 0 Å². The lowest BCUT2D eigenvalue weighted by molar-refractivity contribution is -0.131. The molecule has 0 aromatic carbocycles. The first kappa shape index (κ1) is 12.8. The highest BCUT2D eigenvalue weighted by Gasteiger charge is 2.38. The van der Waals surface area contributed by atoms with Gasteiger partial charge in [-0.05, 0) is 26.0 Å². The van der Waals surface area contributed by atoms with E-state index in [0.29, 0.717) is 6.04 Å². The summed E-state index contributed by atoms with van der Waals surface area (Å²) in [6.07, 6.45) is 4.36. The van der Waals surface area contributed by atoms with Crippen molar-refractivity contribution >= 4 is 17.7 Å². The molecule has 0 bridgehead atoms. The van der Waals surface area contributed by atoms with Crippen molar-refractivity contribution < 1.29 is 4.79 Å². The van der Waals surface area contributed by atoms with Crippen LogP contribution in [-0.4, -0.2) is 41.1 Å². The largest absolute Gasteiger partial charge is 0.322 e. The van der Waals surface area contributed by atoms with E-state index >= 15 is 0 Å². The standard InChI is InChI=1S/C11H22N2OS/c1-5-9(7-15-4)13-10(6-2)12-8(3)11(13)14/h8-10,12H,5-7H2,1-4H3. The Hall–Kier alpha value is -0.220. The number of carbonyl (C=O) groups is 1. The number of thioether (sulfide) groups is 1. The molecule has 0 aromatic rings. The number of nitrogens with zero attached hydrogens (tertiary/aromatic N) is 1. The molecule has 1 rings (SSSR count). The number of hydrogen-bond acceptors (Lipinski definition) is 3. The van der Waals surface area contributed by atoms with Gasteiger partial charge in [0.1, 0.15) is 0 Å². The van der Waals surface area contributed by atoms with Gasteiger partial charge in [0.05, 0.1) is 12.2 Å². The van der Waals surface area contributed by atoms with Crippen LogP contribution in [-0.2, 0) is 4.79 Å². The lowest BCUT2D eigenvalue weighted by Gasteiger charge is -2.31. The fourth-order valence-electron chi connectivity index (χ4n) is 2.15. The van der Waals surface area contributed by atoms with Gasteiger partial charge in [-0.25, -0.2) is 0 Å². The second kappa shape index (κ2) is 5.75. The molecule has 1 amide bonds. The average Bonchev–Trinajstić information content (AvgIpc) is 2.52. The van der Waals surface area contributed by atoms with Crippen LogP contribution in [0.1, 0.15) is 33.6 Å². The van der Waals surface area contributed by atoms with Crippen molar-refractivity contribution in [2.24, 2.45) is 0 Å². The summed E-state index contributed by atoms with van der Waals surface area (Å²) < 4.78 is 0. The molecule has 1 aliphatic rings. The van der Waals surface area contributed by atoms with Crippen LogP contribution >= 0.6 is 11.8 Å². The van der Waals surface area contributed by atoms with Gasteiger partial charge in [-0.1, -0.05) is 13.8 Å². The van der Waals surface area contributed by atoms with E-state index in [1.807, 2.05) is 18.7 Å². The Morgan fingerprint density at radius 1 is 1.53 bits per heavy atom. The zero-order valence-electron chi connectivity index (χ0n) is 10.1. The summed E-state index contributed by atoms with van der Waals surface area (Å²) in [6, 6.07) is 0.376. The van der Waals surface area contributed by atoms with Gasteiger partial charge >= 0.3 is 0 Å². The Morgan fingerprint density at radius 3 is 2.67 bits per heavy atom. The summed E-state index contributed by atoms with van der Waals surface area (Å²) in [5.74, 6) is 1.30. The lowest BCUT2D eigenvalue weighted by Crippen LogP contribution is -2.45. The molecule has 1 saturated heterocycles. The number of carbonyl (C=O) groups excluding carboxylic acids is 1. The first-order valence-electron chi connectivity index (χ1n) is 5.72. The van der Waals surface area contributed by atoms with Gasteiger partial charge in [0.15, 0.2) is 0 Å². The van der Waals surface area contributed by atoms with E-state index in [4.69, 9.17) is 0 Å². The van der Waals surface area contributed by atoms with E-state index in [0.717, 1.165) is 18.6 Å². The molecular weight excluding hydrogens is 208 g/mol. The second-order valence-electron chi connectivity index (χ2n) is 4.08. The maximum absolute atomic E-state index is 12.0. The minimum absolute atomic E-state index is 0.00847. The topological polar surface area (TPSA) is 32.3 Å². The minimum Gasteiger partial charge on any atom is -0.322 e. The monoisotopic (exact) mass is 230 g/mol. The number of hydrogen-bond donors (Lipinski definition) is 1. The number of nitrogens with one attached hydrogen (secondary N) is 1.